The fourth-order valence-corrected chi connectivity index (χ4v) is 6.93. The number of benzene rings is 2. The molecule has 0 aromatic heterocycles. The molecule has 2 unspecified atom stereocenters. The summed E-state index contributed by atoms with van der Waals surface area (Å²) >= 11 is 0. The lowest BCUT2D eigenvalue weighted by Gasteiger charge is -2.44. The van der Waals surface area contributed by atoms with Gasteiger partial charge >= 0.3 is 6.03 Å². The maximum absolute atomic E-state index is 13.3. The van der Waals surface area contributed by atoms with E-state index in [2.05, 4.69) is 23.6 Å². The van der Waals surface area contributed by atoms with E-state index in [0.717, 1.165) is 24.8 Å². The average molecular weight is 495 g/mol. The molecule has 0 spiro atoms. The number of carbonyl (C=O) groups is 1. The van der Waals surface area contributed by atoms with Crippen molar-refractivity contribution in [3.8, 4) is 6.07 Å². The van der Waals surface area contributed by atoms with Crippen molar-refractivity contribution in [1.82, 2.24) is 9.62 Å². The van der Waals surface area contributed by atoms with Gasteiger partial charge in [0.15, 0.2) is 0 Å². The fourth-order valence-electron chi connectivity index (χ4n) is 5.49. The summed E-state index contributed by atoms with van der Waals surface area (Å²) in [6.45, 7) is 3.38. The van der Waals surface area contributed by atoms with Gasteiger partial charge in [-0.3, -0.25) is 0 Å². The monoisotopic (exact) mass is 494 g/mol. The van der Waals surface area contributed by atoms with Crippen molar-refractivity contribution in [3.63, 3.8) is 0 Å². The second-order valence-corrected chi connectivity index (χ2v) is 11.9. The van der Waals surface area contributed by atoms with Crippen molar-refractivity contribution in [2.45, 2.75) is 56.9 Å². The first-order chi connectivity index (χ1) is 16.8. The maximum atomic E-state index is 13.3. The van der Waals surface area contributed by atoms with Crippen LogP contribution in [0.15, 0.2) is 59.5 Å². The van der Waals surface area contributed by atoms with E-state index in [0.29, 0.717) is 50.0 Å². The van der Waals surface area contributed by atoms with Crippen molar-refractivity contribution >= 4 is 21.7 Å². The Labute approximate surface area is 208 Å². The molecule has 2 atom stereocenters. The van der Waals surface area contributed by atoms with E-state index >= 15 is 0 Å². The van der Waals surface area contributed by atoms with Crippen LogP contribution in [0.3, 0.4) is 0 Å². The van der Waals surface area contributed by atoms with Crippen molar-refractivity contribution in [3.05, 3.63) is 60.2 Å². The molecule has 1 heterocycles. The molecule has 0 bridgehead atoms. The minimum absolute atomic E-state index is 0.198. The fraction of sp³-hybridized carbons (Fsp3) is 0.481. The van der Waals surface area contributed by atoms with Crippen LogP contribution in [0.4, 0.5) is 10.5 Å². The van der Waals surface area contributed by atoms with Crippen molar-refractivity contribution in [2.75, 3.05) is 18.4 Å². The van der Waals surface area contributed by atoms with Crippen LogP contribution in [-0.4, -0.2) is 31.8 Å². The minimum Gasteiger partial charge on any atom is -0.334 e. The number of carbonyl (C=O) groups excluding carboxylic acids is 1. The molecular formula is C27H34N4O3S. The first-order valence-electron chi connectivity index (χ1n) is 12.4. The Morgan fingerprint density at radius 2 is 1.77 bits per heavy atom. The Morgan fingerprint density at radius 1 is 1.09 bits per heavy atom. The van der Waals surface area contributed by atoms with Gasteiger partial charge in [-0.05, 0) is 67.3 Å². The Balaban J connectivity index is 1.34. The number of amides is 2. The number of hydrogen-bond acceptors (Lipinski definition) is 4. The van der Waals surface area contributed by atoms with Crippen LogP contribution >= 0.6 is 0 Å². The lowest BCUT2D eigenvalue weighted by Crippen LogP contribution is -2.46. The number of anilines is 1. The van der Waals surface area contributed by atoms with Gasteiger partial charge in [-0.25, -0.2) is 13.2 Å². The molecule has 1 saturated heterocycles. The summed E-state index contributed by atoms with van der Waals surface area (Å²) in [5, 5.41) is 15.6. The quantitative estimate of drug-likeness (QED) is 0.581. The third-order valence-electron chi connectivity index (χ3n) is 7.60. The second-order valence-electron chi connectivity index (χ2n) is 9.96. The van der Waals surface area contributed by atoms with Crippen molar-refractivity contribution in [2.24, 2.45) is 17.3 Å². The second kappa shape index (κ2) is 10.8. The molecule has 186 valence electrons. The third-order valence-corrected chi connectivity index (χ3v) is 9.51. The van der Waals surface area contributed by atoms with E-state index in [9.17, 15) is 18.5 Å². The number of urea groups is 1. The summed E-state index contributed by atoms with van der Waals surface area (Å²) in [6.07, 6.45) is 5.68. The van der Waals surface area contributed by atoms with E-state index in [-0.39, 0.29) is 10.9 Å². The highest BCUT2D eigenvalue weighted by Crippen LogP contribution is 2.47. The van der Waals surface area contributed by atoms with Gasteiger partial charge in [0.1, 0.15) is 0 Å². The van der Waals surface area contributed by atoms with Gasteiger partial charge in [-0.2, -0.15) is 9.57 Å². The number of rotatable bonds is 6. The Bertz CT molecular complexity index is 1150. The van der Waals surface area contributed by atoms with E-state index in [4.69, 9.17) is 0 Å². The average Bonchev–Trinajstić information content (AvgIpc) is 2.88. The Hall–Kier alpha value is -2.89. The molecule has 35 heavy (non-hydrogen) atoms. The highest BCUT2D eigenvalue weighted by molar-refractivity contribution is 7.89. The first-order valence-corrected chi connectivity index (χ1v) is 13.9. The largest absolute Gasteiger partial charge is 0.334 e. The molecule has 1 aliphatic heterocycles. The number of hydrogen-bond donors (Lipinski definition) is 2. The highest BCUT2D eigenvalue weighted by Gasteiger charge is 2.45. The minimum atomic E-state index is -3.66. The van der Waals surface area contributed by atoms with Gasteiger partial charge in [0.2, 0.25) is 10.0 Å². The Kier molecular flexibility index (Phi) is 7.78. The number of nitriles is 1. The van der Waals surface area contributed by atoms with Gasteiger partial charge in [0.25, 0.3) is 0 Å². The van der Waals surface area contributed by atoms with E-state index in [1.54, 1.807) is 12.1 Å². The molecular weight excluding hydrogens is 460 g/mol. The molecule has 7 nitrogen and oxygen atoms in total. The van der Waals surface area contributed by atoms with Crippen LogP contribution < -0.4 is 10.6 Å². The summed E-state index contributed by atoms with van der Waals surface area (Å²) in [6, 6.07) is 18.1. The van der Waals surface area contributed by atoms with E-state index < -0.39 is 15.4 Å². The number of nitrogens with one attached hydrogen (secondary N) is 2. The molecule has 2 amide bonds. The smallest absolute Gasteiger partial charge is 0.319 e. The van der Waals surface area contributed by atoms with Crippen LogP contribution in [0.5, 0.6) is 0 Å². The molecule has 2 aromatic carbocycles. The number of sulfonamides is 1. The van der Waals surface area contributed by atoms with Gasteiger partial charge < -0.3 is 10.6 Å². The van der Waals surface area contributed by atoms with E-state index in [1.165, 1.54) is 22.9 Å². The lowest BCUT2D eigenvalue weighted by atomic mass is 9.63. The lowest BCUT2D eigenvalue weighted by molar-refractivity contribution is 0.0905. The summed E-state index contributed by atoms with van der Waals surface area (Å²) in [5.41, 5.74) is 1.09. The zero-order chi connectivity index (χ0) is 24.9. The van der Waals surface area contributed by atoms with Crippen LogP contribution in [0.2, 0.25) is 0 Å². The molecule has 1 aliphatic carbocycles. The van der Waals surface area contributed by atoms with Crippen molar-refractivity contribution < 1.29 is 13.2 Å². The van der Waals surface area contributed by atoms with E-state index in [1.807, 2.05) is 30.3 Å². The molecule has 1 saturated carbocycles. The normalized spacial score (nSPS) is 22.6. The molecule has 2 fully saturated rings. The van der Waals surface area contributed by atoms with Crippen LogP contribution in [0.1, 0.15) is 51.0 Å². The predicted octanol–water partition coefficient (Wildman–Crippen LogP) is 5.13. The van der Waals surface area contributed by atoms with Crippen LogP contribution in [0, 0.1) is 28.6 Å². The molecule has 2 N–H and O–H groups in total. The summed E-state index contributed by atoms with van der Waals surface area (Å²) in [5.74, 6) is 0.993. The first kappa shape index (κ1) is 25.2. The molecule has 8 heteroatoms. The topological polar surface area (TPSA) is 102 Å². The SMILES string of the molecule is CC1CCCC(C2(C#N)CCN(S(=O)(=O)c3ccc(NC(=O)NCc4ccccc4)cc3)CC2)C1. The zero-order valence-electron chi connectivity index (χ0n) is 20.2. The molecule has 4 rings (SSSR count). The summed E-state index contributed by atoms with van der Waals surface area (Å²) in [4.78, 5) is 12.4. The number of nitrogens with zero attached hydrogens (tertiary/aromatic N) is 2. The molecule has 2 aliphatic rings. The van der Waals surface area contributed by atoms with Gasteiger partial charge in [0, 0.05) is 25.3 Å². The van der Waals surface area contributed by atoms with Crippen LogP contribution in [-0.2, 0) is 16.6 Å². The summed E-state index contributed by atoms with van der Waals surface area (Å²) < 4.78 is 28.0. The predicted molar refractivity (Wildman–Crippen MR) is 136 cm³/mol. The maximum Gasteiger partial charge on any atom is 0.319 e. The van der Waals surface area contributed by atoms with Gasteiger partial charge in [-0.15, -0.1) is 0 Å². The molecule has 0 radical (unpaired) electrons. The molecule has 2 aromatic rings. The van der Waals surface area contributed by atoms with Crippen LogP contribution in [0.25, 0.3) is 0 Å². The summed E-state index contributed by atoms with van der Waals surface area (Å²) in [7, 11) is -3.66. The third kappa shape index (κ3) is 5.85. The standard InChI is InChI=1S/C27H34N4O3S/c1-21-6-5-9-23(18-21)27(20-28)14-16-31(17-15-27)35(33,34)25-12-10-24(11-13-25)30-26(32)29-19-22-7-3-2-4-8-22/h2-4,7-8,10-13,21,23H,5-6,9,14-19H2,1H3,(H2,29,30,32). The number of piperidine rings is 1. The Morgan fingerprint density at radius 3 is 2.40 bits per heavy atom. The zero-order valence-corrected chi connectivity index (χ0v) is 21.1. The van der Waals surface area contributed by atoms with Gasteiger partial charge in [-0.1, -0.05) is 50.1 Å². The van der Waals surface area contributed by atoms with Gasteiger partial charge in [0.05, 0.1) is 16.4 Å². The van der Waals surface area contributed by atoms with Crippen molar-refractivity contribution in [1.29, 1.82) is 5.26 Å². The highest BCUT2D eigenvalue weighted by atomic mass is 32.2.